The summed E-state index contributed by atoms with van der Waals surface area (Å²) < 4.78 is 150. The molecule has 0 unspecified atom stereocenters. The van der Waals surface area contributed by atoms with Gasteiger partial charge in [0, 0.05) is 32.9 Å². The zero-order chi connectivity index (χ0) is 43.8. The zero-order valence-corrected chi connectivity index (χ0v) is 22.7. The highest BCUT2D eigenvalue weighted by molar-refractivity contribution is 6.12. The minimum Gasteiger partial charge on any atom is -0.309 e. The topological polar surface area (TPSA) is 9.86 Å². The summed E-state index contributed by atoms with van der Waals surface area (Å²) in [6.07, 6.45) is 0. The smallest absolute Gasteiger partial charge is 0.0651 e. The summed E-state index contributed by atoms with van der Waals surface area (Å²) >= 11 is 0. The molecule has 44 heavy (non-hydrogen) atoms. The van der Waals surface area contributed by atoms with E-state index >= 15 is 0 Å². The number of hydrogen-bond acceptors (Lipinski definition) is 0. The Morgan fingerprint density at radius 2 is 1.00 bits per heavy atom. The van der Waals surface area contributed by atoms with Crippen LogP contribution in [0.4, 0.5) is 0 Å². The first-order valence-corrected chi connectivity index (χ1v) is 13.7. The minimum absolute atomic E-state index is 0.0404. The molecule has 0 aliphatic carbocycles. The molecule has 7 aromatic carbocycles. The van der Waals surface area contributed by atoms with E-state index in [0.29, 0.717) is 21.8 Å². The van der Waals surface area contributed by atoms with Crippen LogP contribution >= 0.6 is 0 Å². The van der Waals surface area contributed by atoms with E-state index in [0.717, 1.165) is 0 Å². The number of aromatic nitrogens is 2. The summed E-state index contributed by atoms with van der Waals surface area (Å²) in [6.45, 7) is 0. The average Bonchev–Trinajstić information content (AvgIpc) is 3.78. The molecule has 0 amide bonds. The van der Waals surface area contributed by atoms with Gasteiger partial charge in [0.2, 0.25) is 0 Å². The lowest BCUT2D eigenvalue weighted by Crippen LogP contribution is -1.96. The van der Waals surface area contributed by atoms with E-state index < -0.39 is 96.7 Å². The van der Waals surface area contributed by atoms with Gasteiger partial charge >= 0.3 is 0 Å². The third-order valence-electron chi connectivity index (χ3n) is 7.72. The number of hydrogen-bond donors (Lipinski definition) is 0. The predicted octanol–water partition coefficient (Wildman–Crippen LogP) is 11.2. The Hall–Kier alpha value is -5.86. The largest absolute Gasteiger partial charge is 0.309 e. The Bertz CT molecular complexity index is 3350. The van der Waals surface area contributed by atoms with E-state index in [1.54, 1.807) is 65.2 Å². The van der Waals surface area contributed by atoms with Crippen molar-refractivity contribution in [2.45, 2.75) is 0 Å². The third-order valence-corrected chi connectivity index (χ3v) is 7.72. The standard InChI is InChI=1S/C42H28N2/c1-2-12-29(13-3-1)30-14-10-15-31(26-30)32-16-11-17-33(27-32)43-41-23-9-6-20-37(41)38-28-34(24-25-42(38)43)44-39-21-7-4-18-35(39)36-19-5-8-22-40(36)44/h1-28H/i1D,2D,3D,4D,5D,7D,8D,11D,12D,13D,16D,17D,18D,19D,21D,22D,27D. The average molecular weight is 578 g/mol. The molecule has 0 saturated heterocycles. The molecule has 2 heteroatoms. The van der Waals surface area contributed by atoms with Crippen LogP contribution in [0.1, 0.15) is 23.3 Å². The Morgan fingerprint density at radius 3 is 1.80 bits per heavy atom. The first-order valence-electron chi connectivity index (χ1n) is 22.2. The molecule has 2 nitrogen and oxygen atoms in total. The minimum atomic E-state index is -0.562. The van der Waals surface area contributed by atoms with E-state index in [1.807, 2.05) is 0 Å². The molecule has 0 bridgehead atoms. The van der Waals surface area contributed by atoms with Crippen LogP contribution < -0.4 is 0 Å². The van der Waals surface area contributed by atoms with Crippen molar-refractivity contribution in [2.24, 2.45) is 0 Å². The van der Waals surface area contributed by atoms with Crippen molar-refractivity contribution in [3.05, 3.63) is 169 Å². The summed E-state index contributed by atoms with van der Waals surface area (Å²) in [5.74, 6) is 0. The van der Waals surface area contributed by atoms with Gasteiger partial charge in [0.25, 0.3) is 0 Å². The Kier molecular flexibility index (Phi) is 2.96. The van der Waals surface area contributed by atoms with Crippen LogP contribution in [0.15, 0.2) is 169 Å². The molecule has 0 radical (unpaired) electrons. The molecule has 0 fully saturated rings. The molecule has 2 heterocycles. The van der Waals surface area contributed by atoms with E-state index in [1.165, 1.54) is 10.6 Å². The monoisotopic (exact) mass is 577 g/mol. The van der Waals surface area contributed by atoms with Crippen LogP contribution in [0.3, 0.4) is 0 Å². The van der Waals surface area contributed by atoms with E-state index in [-0.39, 0.29) is 61.5 Å². The summed E-state index contributed by atoms with van der Waals surface area (Å²) in [7, 11) is 0. The number of nitrogens with zero attached hydrogens (tertiary/aromatic N) is 2. The van der Waals surface area contributed by atoms with Gasteiger partial charge in [0.05, 0.1) is 45.4 Å². The quantitative estimate of drug-likeness (QED) is 0.197. The van der Waals surface area contributed by atoms with Crippen LogP contribution in [-0.4, -0.2) is 9.13 Å². The Morgan fingerprint density at radius 1 is 0.364 bits per heavy atom. The molecule has 0 saturated carbocycles. The van der Waals surface area contributed by atoms with Gasteiger partial charge in [0.1, 0.15) is 0 Å². The second kappa shape index (κ2) is 9.86. The Balaban J connectivity index is 1.34. The normalized spacial score (nSPS) is 17.0. The molecule has 0 N–H and O–H groups in total. The lowest BCUT2D eigenvalue weighted by Gasteiger charge is -2.12. The lowest BCUT2D eigenvalue weighted by molar-refractivity contribution is 1.17. The van der Waals surface area contributed by atoms with E-state index in [9.17, 15) is 1.37 Å². The maximum atomic E-state index is 9.59. The summed E-state index contributed by atoms with van der Waals surface area (Å²) in [5, 5.41) is 0.980. The summed E-state index contributed by atoms with van der Waals surface area (Å²) in [4.78, 5) is 0. The highest BCUT2D eigenvalue weighted by Gasteiger charge is 2.16. The van der Waals surface area contributed by atoms with E-state index in [2.05, 4.69) is 0 Å². The molecule has 0 aliphatic heterocycles. The van der Waals surface area contributed by atoms with Crippen molar-refractivity contribution in [3.63, 3.8) is 0 Å². The van der Waals surface area contributed by atoms with Crippen LogP contribution in [0.25, 0.3) is 77.2 Å². The summed E-state index contributed by atoms with van der Waals surface area (Å²) in [6, 6.07) is 9.94. The van der Waals surface area contributed by atoms with Crippen LogP contribution in [0.2, 0.25) is 0 Å². The first kappa shape index (κ1) is 13.2. The molecular formula is C42H28N2. The molecular weight excluding hydrogens is 532 g/mol. The second-order valence-electron chi connectivity index (χ2n) is 10.1. The van der Waals surface area contributed by atoms with Crippen LogP contribution in [0, 0.1) is 0 Å². The van der Waals surface area contributed by atoms with Crippen molar-refractivity contribution in [1.82, 2.24) is 9.13 Å². The number of para-hydroxylation sites is 3. The van der Waals surface area contributed by atoms with Crippen molar-refractivity contribution < 1.29 is 23.3 Å². The number of fused-ring (bicyclic) bond motifs is 6. The van der Waals surface area contributed by atoms with Gasteiger partial charge in [-0.3, -0.25) is 0 Å². The molecule has 206 valence electrons. The third kappa shape index (κ3) is 3.82. The fourth-order valence-corrected chi connectivity index (χ4v) is 5.83. The van der Waals surface area contributed by atoms with Gasteiger partial charge in [-0.2, -0.15) is 0 Å². The first-order chi connectivity index (χ1) is 28.9. The predicted molar refractivity (Wildman–Crippen MR) is 186 cm³/mol. The molecule has 2 aromatic heterocycles. The van der Waals surface area contributed by atoms with E-state index in [4.69, 9.17) is 21.9 Å². The zero-order valence-electron chi connectivity index (χ0n) is 39.7. The van der Waals surface area contributed by atoms with Gasteiger partial charge in [-0.1, -0.05) is 115 Å². The summed E-state index contributed by atoms with van der Waals surface area (Å²) in [5.41, 5.74) is 1.39. The maximum Gasteiger partial charge on any atom is 0.0651 e. The van der Waals surface area contributed by atoms with Gasteiger partial charge in [0.15, 0.2) is 0 Å². The maximum absolute atomic E-state index is 9.59. The van der Waals surface area contributed by atoms with Crippen LogP contribution in [-0.2, 0) is 0 Å². The van der Waals surface area contributed by atoms with Gasteiger partial charge in [-0.05, 0) is 76.8 Å². The number of rotatable bonds is 4. The van der Waals surface area contributed by atoms with Crippen molar-refractivity contribution >= 4 is 43.6 Å². The van der Waals surface area contributed by atoms with Crippen LogP contribution in [0.5, 0.6) is 0 Å². The fourth-order valence-electron chi connectivity index (χ4n) is 5.83. The van der Waals surface area contributed by atoms with Gasteiger partial charge in [-0.15, -0.1) is 0 Å². The molecule has 0 spiro atoms. The molecule has 0 atom stereocenters. The Labute approximate surface area is 279 Å². The molecule has 9 rings (SSSR count). The van der Waals surface area contributed by atoms with Crippen molar-refractivity contribution in [3.8, 4) is 33.6 Å². The second-order valence-corrected chi connectivity index (χ2v) is 10.1. The highest BCUT2D eigenvalue weighted by atomic mass is 15.0. The van der Waals surface area contributed by atoms with Gasteiger partial charge < -0.3 is 9.13 Å². The molecule has 0 aliphatic rings. The van der Waals surface area contributed by atoms with Crippen molar-refractivity contribution in [2.75, 3.05) is 0 Å². The number of benzene rings is 7. The fraction of sp³-hybridized carbons (Fsp3) is 0. The molecule has 9 aromatic rings. The highest BCUT2D eigenvalue weighted by Crippen LogP contribution is 2.37. The lowest BCUT2D eigenvalue weighted by atomic mass is 9.99. The van der Waals surface area contributed by atoms with Gasteiger partial charge in [-0.25, -0.2) is 0 Å². The SMILES string of the molecule is [2H]c1c([2H])c([2H])c(-c2cccc(-c3c([2H])c([2H])c([2H])c(-n4c5ccccc5c5cc(-n6c7c([2H])c([2H])c([2H])c([2H])c7c7c([2H])c([2H])c([2H])c([2H])c76)ccc54)c3[2H])c2)c([2H])c1[2H]. The van der Waals surface area contributed by atoms with Crippen molar-refractivity contribution in [1.29, 1.82) is 0 Å².